The van der Waals surface area contributed by atoms with Gasteiger partial charge >= 0.3 is 6.01 Å². The largest absolute Gasteiger partial charge is 0.407 e. The number of methoxy groups -OCH3 is 1. The second-order valence-electron chi connectivity index (χ2n) is 4.07. The highest BCUT2D eigenvalue weighted by Crippen LogP contribution is 2.04. The quantitative estimate of drug-likeness (QED) is 0.596. The Balaban J connectivity index is 2.11. The highest BCUT2D eigenvalue weighted by atomic mass is 16.5. The van der Waals surface area contributed by atoms with Gasteiger partial charge in [0.1, 0.15) is 0 Å². The molecule has 1 aromatic rings. The molecule has 0 aliphatic heterocycles. The average molecular weight is 258 g/mol. The molecule has 1 rings (SSSR count). The molecule has 0 aliphatic rings. The van der Waals surface area contributed by atoms with Gasteiger partial charge in [-0.1, -0.05) is 18.9 Å². The van der Waals surface area contributed by atoms with Crippen LogP contribution in [-0.2, 0) is 16.0 Å². The van der Waals surface area contributed by atoms with Crippen molar-refractivity contribution in [3.05, 3.63) is 5.89 Å². The van der Waals surface area contributed by atoms with Gasteiger partial charge in [-0.25, -0.2) is 0 Å². The molecule has 7 heteroatoms. The van der Waals surface area contributed by atoms with Gasteiger partial charge in [0.2, 0.25) is 5.89 Å². The van der Waals surface area contributed by atoms with E-state index in [0.717, 1.165) is 0 Å². The maximum Gasteiger partial charge on any atom is 0.315 e. The zero-order chi connectivity index (χ0) is 13.2. The molecule has 0 spiro atoms. The van der Waals surface area contributed by atoms with Crippen molar-refractivity contribution in [3.8, 4) is 0 Å². The number of nitrogens with zero attached hydrogens (tertiary/aromatic N) is 2. The first-order valence-corrected chi connectivity index (χ1v) is 6.08. The van der Waals surface area contributed by atoms with Gasteiger partial charge in [-0.2, -0.15) is 0 Å². The Labute approximate surface area is 107 Å². The zero-order valence-corrected chi connectivity index (χ0v) is 11.2. The molecule has 0 radical (unpaired) electrons. The molecule has 0 fully saturated rings. The fourth-order valence-corrected chi connectivity index (χ4v) is 1.16. The topological polar surface area (TPSA) is 81.4 Å². The Morgan fingerprint density at radius 2 is 2.06 bits per heavy atom. The summed E-state index contributed by atoms with van der Waals surface area (Å²) in [5.41, 5.74) is 0. The van der Waals surface area contributed by atoms with E-state index >= 15 is 0 Å². The maximum atomic E-state index is 5.39. The molecule has 0 aromatic carbocycles. The average Bonchev–Trinajstić information content (AvgIpc) is 2.79. The monoisotopic (exact) mass is 258 g/mol. The SMILES string of the molecule is COCCOCCNc1nnc(CNC(C)C)o1. The predicted molar refractivity (Wildman–Crippen MR) is 67.5 cm³/mol. The third-order valence-electron chi connectivity index (χ3n) is 2.08. The minimum absolute atomic E-state index is 0.391. The third-order valence-corrected chi connectivity index (χ3v) is 2.08. The minimum atomic E-state index is 0.391. The van der Waals surface area contributed by atoms with Crippen molar-refractivity contribution >= 4 is 6.01 Å². The van der Waals surface area contributed by atoms with Crippen molar-refractivity contribution in [3.63, 3.8) is 0 Å². The first kappa shape index (κ1) is 14.9. The van der Waals surface area contributed by atoms with Gasteiger partial charge in [-0.3, -0.25) is 0 Å². The van der Waals surface area contributed by atoms with Crippen LogP contribution < -0.4 is 10.6 Å². The molecule has 1 heterocycles. The highest BCUT2D eigenvalue weighted by Gasteiger charge is 2.05. The molecule has 104 valence electrons. The van der Waals surface area contributed by atoms with Crippen molar-refractivity contribution in [2.24, 2.45) is 0 Å². The van der Waals surface area contributed by atoms with Crippen LogP contribution in [0.3, 0.4) is 0 Å². The summed E-state index contributed by atoms with van der Waals surface area (Å²) in [6.07, 6.45) is 0. The number of hydrogen-bond acceptors (Lipinski definition) is 7. The van der Waals surface area contributed by atoms with Crippen LogP contribution in [0.25, 0.3) is 0 Å². The van der Waals surface area contributed by atoms with Crippen LogP contribution in [-0.4, -0.2) is 49.7 Å². The molecule has 0 saturated heterocycles. The molecule has 18 heavy (non-hydrogen) atoms. The number of hydrogen-bond donors (Lipinski definition) is 2. The van der Waals surface area contributed by atoms with Crippen LogP contribution in [0.1, 0.15) is 19.7 Å². The van der Waals surface area contributed by atoms with Gasteiger partial charge in [0, 0.05) is 19.7 Å². The molecule has 0 amide bonds. The lowest BCUT2D eigenvalue weighted by Gasteiger charge is -2.04. The second kappa shape index (κ2) is 8.84. The fraction of sp³-hybridized carbons (Fsp3) is 0.818. The van der Waals surface area contributed by atoms with Crippen molar-refractivity contribution in [1.82, 2.24) is 15.5 Å². The molecule has 0 aliphatic carbocycles. The Morgan fingerprint density at radius 1 is 1.22 bits per heavy atom. The maximum absolute atomic E-state index is 5.39. The molecule has 0 unspecified atom stereocenters. The highest BCUT2D eigenvalue weighted by molar-refractivity contribution is 5.16. The van der Waals surface area contributed by atoms with Gasteiger partial charge in [0.05, 0.1) is 26.4 Å². The van der Waals surface area contributed by atoms with Crippen LogP contribution in [0.2, 0.25) is 0 Å². The van der Waals surface area contributed by atoms with E-state index in [-0.39, 0.29) is 0 Å². The lowest BCUT2D eigenvalue weighted by molar-refractivity contribution is 0.0757. The van der Waals surface area contributed by atoms with Gasteiger partial charge in [-0.15, -0.1) is 5.10 Å². The van der Waals surface area contributed by atoms with Gasteiger partial charge in [0.25, 0.3) is 0 Å². The fourth-order valence-electron chi connectivity index (χ4n) is 1.16. The number of anilines is 1. The van der Waals surface area contributed by atoms with Crippen LogP contribution in [0.5, 0.6) is 0 Å². The molecule has 0 atom stereocenters. The smallest absolute Gasteiger partial charge is 0.315 e. The van der Waals surface area contributed by atoms with E-state index < -0.39 is 0 Å². The summed E-state index contributed by atoms with van der Waals surface area (Å²) in [5, 5.41) is 14.0. The Kier molecular flexibility index (Phi) is 7.31. The summed E-state index contributed by atoms with van der Waals surface area (Å²) in [6.45, 7) is 7.10. The molecule has 1 aromatic heterocycles. The van der Waals surface area contributed by atoms with Crippen molar-refractivity contribution < 1.29 is 13.9 Å². The predicted octanol–water partition coefficient (Wildman–Crippen LogP) is 0.643. The first-order chi connectivity index (χ1) is 8.72. The summed E-state index contributed by atoms with van der Waals surface area (Å²) in [4.78, 5) is 0. The summed E-state index contributed by atoms with van der Waals surface area (Å²) >= 11 is 0. The van der Waals surface area contributed by atoms with Crippen LogP contribution in [0.4, 0.5) is 6.01 Å². The van der Waals surface area contributed by atoms with Gasteiger partial charge in [-0.05, 0) is 0 Å². The number of ether oxygens (including phenoxy) is 2. The molecule has 2 N–H and O–H groups in total. The third kappa shape index (κ3) is 6.53. The van der Waals surface area contributed by atoms with Crippen LogP contribution in [0, 0.1) is 0 Å². The molecular weight excluding hydrogens is 236 g/mol. The number of aromatic nitrogens is 2. The standard InChI is InChI=1S/C11H22N4O3/c1-9(2)13-8-10-14-15-11(18-10)12-4-5-17-7-6-16-3/h9,13H,4-8H2,1-3H3,(H,12,15). The minimum Gasteiger partial charge on any atom is -0.407 e. The van der Waals surface area contributed by atoms with Crippen molar-refractivity contribution in [2.45, 2.75) is 26.4 Å². The van der Waals surface area contributed by atoms with E-state index in [1.807, 2.05) is 0 Å². The lowest BCUT2D eigenvalue weighted by Crippen LogP contribution is -2.21. The molecular formula is C11H22N4O3. The summed E-state index contributed by atoms with van der Waals surface area (Å²) in [7, 11) is 1.65. The molecule has 7 nitrogen and oxygen atoms in total. The van der Waals surface area contributed by atoms with E-state index in [1.54, 1.807) is 7.11 Å². The van der Waals surface area contributed by atoms with Crippen LogP contribution >= 0.6 is 0 Å². The summed E-state index contributed by atoms with van der Waals surface area (Å²) in [6, 6.07) is 0.813. The molecule has 0 saturated carbocycles. The lowest BCUT2D eigenvalue weighted by atomic mass is 10.4. The van der Waals surface area contributed by atoms with E-state index in [4.69, 9.17) is 13.9 Å². The van der Waals surface area contributed by atoms with E-state index in [0.29, 0.717) is 50.9 Å². The second-order valence-corrected chi connectivity index (χ2v) is 4.07. The van der Waals surface area contributed by atoms with Gasteiger partial charge in [0.15, 0.2) is 0 Å². The molecule has 0 bridgehead atoms. The van der Waals surface area contributed by atoms with Crippen LogP contribution in [0.15, 0.2) is 4.42 Å². The van der Waals surface area contributed by atoms with Crippen molar-refractivity contribution in [2.75, 3.05) is 38.8 Å². The zero-order valence-electron chi connectivity index (χ0n) is 11.2. The Bertz CT molecular complexity index is 317. The van der Waals surface area contributed by atoms with E-state index in [1.165, 1.54) is 0 Å². The summed E-state index contributed by atoms with van der Waals surface area (Å²) in [5.74, 6) is 0.575. The first-order valence-electron chi connectivity index (χ1n) is 6.08. The van der Waals surface area contributed by atoms with Gasteiger partial charge < -0.3 is 24.5 Å². The van der Waals surface area contributed by atoms with E-state index in [9.17, 15) is 0 Å². The van der Waals surface area contributed by atoms with E-state index in [2.05, 4.69) is 34.7 Å². The normalized spacial score (nSPS) is 11.1. The Morgan fingerprint density at radius 3 is 2.78 bits per heavy atom. The Hall–Kier alpha value is -1.18. The number of rotatable bonds is 10. The number of nitrogens with one attached hydrogen (secondary N) is 2. The van der Waals surface area contributed by atoms with Crippen molar-refractivity contribution in [1.29, 1.82) is 0 Å². The summed E-state index contributed by atoms with van der Waals surface area (Å²) < 4.78 is 15.5.